The van der Waals surface area contributed by atoms with Crippen molar-refractivity contribution in [3.63, 3.8) is 0 Å². The van der Waals surface area contributed by atoms with E-state index in [9.17, 15) is 9.59 Å². The first-order valence-corrected chi connectivity index (χ1v) is 10.6. The molecule has 1 aliphatic heterocycles. The quantitative estimate of drug-likeness (QED) is 0.718. The zero-order chi connectivity index (χ0) is 21.5. The van der Waals surface area contributed by atoms with E-state index in [0.29, 0.717) is 38.3 Å². The van der Waals surface area contributed by atoms with Crippen LogP contribution >= 0.6 is 0 Å². The van der Waals surface area contributed by atoms with Crippen LogP contribution in [0, 0.1) is 11.8 Å². The van der Waals surface area contributed by atoms with Crippen molar-refractivity contribution in [2.75, 3.05) is 25.0 Å². The number of likely N-dealkylation sites (tertiary alicyclic amines) is 1. The largest absolute Gasteiger partial charge is 0.494 e. The zero-order valence-corrected chi connectivity index (χ0v) is 17.9. The van der Waals surface area contributed by atoms with E-state index >= 15 is 0 Å². The number of hydrogen-bond acceptors (Lipinski definition) is 4. The summed E-state index contributed by atoms with van der Waals surface area (Å²) in [6.45, 7) is 7.67. The fourth-order valence-electron chi connectivity index (χ4n) is 3.48. The van der Waals surface area contributed by atoms with Gasteiger partial charge in [0, 0.05) is 30.6 Å². The van der Waals surface area contributed by atoms with Crippen LogP contribution in [0.15, 0.2) is 48.5 Å². The number of benzene rings is 2. The topological polar surface area (TPSA) is 67.9 Å². The van der Waals surface area contributed by atoms with Crippen LogP contribution in [0.3, 0.4) is 0 Å². The van der Waals surface area contributed by atoms with Gasteiger partial charge in [0.25, 0.3) is 0 Å². The Bertz CT molecular complexity index is 839. The van der Waals surface area contributed by atoms with Gasteiger partial charge >= 0.3 is 0 Å². The van der Waals surface area contributed by atoms with Crippen LogP contribution < -0.4 is 14.8 Å². The Kier molecular flexibility index (Phi) is 7.33. The Hall–Kier alpha value is -3.02. The molecule has 6 heteroatoms. The van der Waals surface area contributed by atoms with Crippen LogP contribution in [-0.4, -0.2) is 36.4 Å². The first-order valence-electron chi connectivity index (χ1n) is 10.6. The molecule has 2 aromatic rings. The maximum atomic E-state index is 12.6. The number of nitrogens with zero attached hydrogens (tertiary/aromatic N) is 1. The van der Waals surface area contributed by atoms with Crippen LogP contribution in [0.1, 0.15) is 33.6 Å². The Morgan fingerprint density at radius 2 is 1.50 bits per heavy atom. The van der Waals surface area contributed by atoms with Crippen LogP contribution in [0.5, 0.6) is 17.2 Å². The van der Waals surface area contributed by atoms with Gasteiger partial charge in [-0.25, -0.2) is 0 Å². The average molecular weight is 411 g/mol. The van der Waals surface area contributed by atoms with Gasteiger partial charge in [-0.3, -0.25) is 9.59 Å². The number of ether oxygens (including phenoxy) is 2. The van der Waals surface area contributed by atoms with Crippen molar-refractivity contribution in [2.24, 2.45) is 11.8 Å². The molecule has 0 atom stereocenters. The van der Waals surface area contributed by atoms with Crippen molar-refractivity contribution in [3.05, 3.63) is 48.5 Å². The third-order valence-corrected chi connectivity index (χ3v) is 5.16. The van der Waals surface area contributed by atoms with Gasteiger partial charge in [-0.15, -0.1) is 0 Å². The Balaban J connectivity index is 1.49. The van der Waals surface area contributed by atoms with Crippen molar-refractivity contribution in [1.29, 1.82) is 0 Å². The standard InChI is InChI=1S/C24H30N2O4/c1-4-29-20-9-11-22(12-10-20)30-21-7-5-19(6-8-21)25-23(27)18-13-15-26(16-14-18)24(28)17(2)3/h5-12,17-18H,4,13-16H2,1-3H3,(H,25,27). The molecule has 0 bridgehead atoms. The van der Waals surface area contributed by atoms with Crippen molar-refractivity contribution >= 4 is 17.5 Å². The fraction of sp³-hybridized carbons (Fsp3) is 0.417. The number of rotatable bonds is 7. The van der Waals surface area contributed by atoms with Crippen LogP contribution in [0.2, 0.25) is 0 Å². The first kappa shape index (κ1) is 21.7. The van der Waals surface area contributed by atoms with E-state index in [1.807, 2.05) is 74.2 Å². The Morgan fingerprint density at radius 3 is 2.03 bits per heavy atom. The van der Waals surface area contributed by atoms with Crippen molar-refractivity contribution in [1.82, 2.24) is 4.90 Å². The summed E-state index contributed by atoms with van der Waals surface area (Å²) in [4.78, 5) is 26.5. The molecule has 2 amide bonds. The molecule has 0 aliphatic carbocycles. The van der Waals surface area contributed by atoms with Gasteiger partial charge < -0.3 is 19.7 Å². The summed E-state index contributed by atoms with van der Waals surface area (Å²) in [5, 5.41) is 2.98. The van der Waals surface area contributed by atoms with E-state index < -0.39 is 0 Å². The second-order valence-corrected chi connectivity index (χ2v) is 7.77. The van der Waals surface area contributed by atoms with E-state index in [-0.39, 0.29) is 23.7 Å². The Morgan fingerprint density at radius 1 is 0.967 bits per heavy atom. The molecule has 1 fully saturated rings. The molecular formula is C24H30N2O4. The number of carbonyl (C=O) groups is 2. The first-order chi connectivity index (χ1) is 14.5. The molecule has 30 heavy (non-hydrogen) atoms. The molecule has 0 saturated carbocycles. The maximum Gasteiger partial charge on any atom is 0.227 e. The van der Waals surface area contributed by atoms with E-state index in [4.69, 9.17) is 9.47 Å². The summed E-state index contributed by atoms with van der Waals surface area (Å²) >= 11 is 0. The second kappa shape index (κ2) is 10.1. The van der Waals surface area contributed by atoms with Gasteiger partial charge in [0.15, 0.2) is 0 Å². The monoisotopic (exact) mass is 410 g/mol. The lowest BCUT2D eigenvalue weighted by atomic mass is 9.95. The zero-order valence-electron chi connectivity index (χ0n) is 17.9. The summed E-state index contributed by atoms with van der Waals surface area (Å²) in [5.41, 5.74) is 0.736. The van der Waals surface area contributed by atoms with Gasteiger partial charge in [0.05, 0.1) is 6.61 Å². The number of carbonyl (C=O) groups excluding carboxylic acids is 2. The lowest BCUT2D eigenvalue weighted by molar-refractivity contribution is -0.137. The van der Waals surface area contributed by atoms with Gasteiger partial charge in [-0.1, -0.05) is 13.8 Å². The summed E-state index contributed by atoms with van der Waals surface area (Å²) in [5.74, 6) is 2.32. The van der Waals surface area contributed by atoms with E-state index in [1.165, 1.54) is 0 Å². The van der Waals surface area contributed by atoms with Crippen molar-refractivity contribution < 1.29 is 19.1 Å². The highest BCUT2D eigenvalue weighted by Gasteiger charge is 2.28. The molecule has 2 aromatic carbocycles. The van der Waals surface area contributed by atoms with Crippen molar-refractivity contribution in [2.45, 2.75) is 33.6 Å². The number of nitrogens with one attached hydrogen (secondary N) is 1. The minimum atomic E-state index is -0.0685. The molecule has 160 valence electrons. The van der Waals surface area contributed by atoms with Gasteiger partial charge in [-0.05, 0) is 68.3 Å². The predicted octanol–water partition coefficient (Wildman–Crippen LogP) is 4.71. The normalized spacial score (nSPS) is 14.5. The number of anilines is 1. The van der Waals surface area contributed by atoms with E-state index in [0.717, 1.165) is 17.2 Å². The number of hydrogen-bond donors (Lipinski definition) is 1. The smallest absolute Gasteiger partial charge is 0.227 e. The van der Waals surface area contributed by atoms with E-state index in [1.54, 1.807) is 0 Å². The SMILES string of the molecule is CCOc1ccc(Oc2ccc(NC(=O)C3CCN(C(=O)C(C)C)CC3)cc2)cc1. The third kappa shape index (κ3) is 5.75. The van der Waals surface area contributed by atoms with Gasteiger partial charge in [-0.2, -0.15) is 0 Å². The summed E-state index contributed by atoms with van der Waals surface area (Å²) in [6.07, 6.45) is 1.40. The summed E-state index contributed by atoms with van der Waals surface area (Å²) < 4.78 is 11.3. The second-order valence-electron chi connectivity index (χ2n) is 7.77. The van der Waals surface area contributed by atoms with Crippen LogP contribution in [-0.2, 0) is 9.59 Å². The molecule has 1 aliphatic rings. The van der Waals surface area contributed by atoms with Crippen molar-refractivity contribution in [3.8, 4) is 17.2 Å². The molecule has 1 N–H and O–H groups in total. The lowest BCUT2D eigenvalue weighted by Crippen LogP contribution is -2.43. The van der Waals surface area contributed by atoms with Gasteiger partial charge in [0.1, 0.15) is 17.2 Å². The molecule has 6 nitrogen and oxygen atoms in total. The minimum absolute atomic E-state index is 0.00118. The maximum absolute atomic E-state index is 12.6. The molecule has 1 heterocycles. The summed E-state index contributed by atoms with van der Waals surface area (Å²) in [7, 11) is 0. The molecule has 3 rings (SSSR count). The van der Waals surface area contributed by atoms with Crippen LogP contribution in [0.25, 0.3) is 0 Å². The average Bonchev–Trinajstić information content (AvgIpc) is 2.76. The molecular weight excluding hydrogens is 380 g/mol. The number of piperidine rings is 1. The Labute approximate surface area is 178 Å². The highest BCUT2D eigenvalue weighted by molar-refractivity contribution is 5.92. The summed E-state index contributed by atoms with van der Waals surface area (Å²) in [6, 6.07) is 14.8. The van der Waals surface area contributed by atoms with Gasteiger partial charge in [0.2, 0.25) is 11.8 Å². The van der Waals surface area contributed by atoms with E-state index in [2.05, 4.69) is 5.32 Å². The molecule has 0 radical (unpaired) electrons. The lowest BCUT2D eigenvalue weighted by Gasteiger charge is -2.32. The van der Waals surface area contributed by atoms with Crippen LogP contribution in [0.4, 0.5) is 5.69 Å². The third-order valence-electron chi connectivity index (χ3n) is 5.16. The highest BCUT2D eigenvalue weighted by atomic mass is 16.5. The highest BCUT2D eigenvalue weighted by Crippen LogP contribution is 2.26. The molecule has 1 saturated heterocycles. The molecule has 0 aromatic heterocycles. The minimum Gasteiger partial charge on any atom is -0.494 e. The number of amides is 2. The fourth-order valence-corrected chi connectivity index (χ4v) is 3.48. The molecule has 0 spiro atoms. The predicted molar refractivity (Wildman–Crippen MR) is 117 cm³/mol. The molecule has 0 unspecified atom stereocenters.